The summed E-state index contributed by atoms with van der Waals surface area (Å²) >= 11 is 1.66. The first-order valence-corrected chi connectivity index (χ1v) is 7.71. The van der Waals surface area contributed by atoms with E-state index < -0.39 is 0 Å². The van der Waals surface area contributed by atoms with E-state index in [2.05, 4.69) is 16.4 Å². The quantitative estimate of drug-likeness (QED) is 0.805. The summed E-state index contributed by atoms with van der Waals surface area (Å²) in [6.07, 6.45) is 4.41. The molecule has 4 nitrogen and oxygen atoms in total. The van der Waals surface area contributed by atoms with Gasteiger partial charge in [-0.15, -0.1) is 11.3 Å². The highest BCUT2D eigenvalue weighted by Gasteiger charge is 2.15. The zero-order chi connectivity index (χ0) is 14.8. The lowest BCUT2D eigenvalue weighted by atomic mass is 10.1. The van der Waals surface area contributed by atoms with Gasteiger partial charge in [0.05, 0.1) is 5.56 Å². The summed E-state index contributed by atoms with van der Waals surface area (Å²) in [4.78, 5) is 17.7. The zero-order valence-corrected chi connectivity index (χ0v) is 12.9. The van der Waals surface area contributed by atoms with Gasteiger partial charge in [0.15, 0.2) is 0 Å². The Morgan fingerprint density at radius 2 is 2.19 bits per heavy atom. The Hall–Kier alpha value is -2.14. The lowest BCUT2D eigenvalue weighted by Crippen LogP contribution is -2.26. The van der Waals surface area contributed by atoms with Gasteiger partial charge in [0, 0.05) is 47.4 Å². The van der Waals surface area contributed by atoms with Gasteiger partial charge in [-0.3, -0.25) is 4.79 Å². The lowest BCUT2D eigenvalue weighted by Gasteiger charge is -2.06. The summed E-state index contributed by atoms with van der Waals surface area (Å²) in [5.41, 5.74) is 0.801. The van der Waals surface area contributed by atoms with Crippen LogP contribution in [-0.2, 0) is 13.5 Å². The highest BCUT2D eigenvalue weighted by atomic mass is 32.1. The highest BCUT2D eigenvalue weighted by Crippen LogP contribution is 2.30. The van der Waals surface area contributed by atoms with E-state index in [-0.39, 0.29) is 5.91 Å². The molecule has 0 radical (unpaired) electrons. The summed E-state index contributed by atoms with van der Waals surface area (Å²) in [5.74, 6) is 0.973. The number of amides is 1. The number of carbonyl (C=O) groups excluding carboxylic acids is 1. The molecule has 1 aromatic carbocycles. The van der Waals surface area contributed by atoms with E-state index in [0.29, 0.717) is 6.54 Å². The molecular formula is C16H17N3OS. The van der Waals surface area contributed by atoms with Gasteiger partial charge < -0.3 is 9.88 Å². The van der Waals surface area contributed by atoms with Gasteiger partial charge in [0.1, 0.15) is 5.82 Å². The second kappa shape index (κ2) is 5.69. The van der Waals surface area contributed by atoms with Crippen LogP contribution in [-0.4, -0.2) is 22.0 Å². The number of hydrogen-bond acceptors (Lipinski definition) is 3. The van der Waals surface area contributed by atoms with Crippen molar-refractivity contribution in [3.8, 4) is 0 Å². The molecule has 0 unspecified atom stereocenters. The summed E-state index contributed by atoms with van der Waals surface area (Å²) in [6.45, 7) is 2.59. The topological polar surface area (TPSA) is 46.9 Å². The van der Waals surface area contributed by atoms with Crippen LogP contribution in [0.4, 0.5) is 0 Å². The first-order chi connectivity index (χ1) is 10.2. The first-order valence-electron chi connectivity index (χ1n) is 6.89. The number of aromatic nitrogens is 2. The molecule has 0 aliphatic rings. The number of thiophene rings is 1. The fourth-order valence-corrected chi connectivity index (χ4v) is 3.52. The monoisotopic (exact) mass is 299 g/mol. The third-order valence-electron chi connectivity index (χ3n) is 3.55. The van der Waals surface area contributed by atoms with Crippen LogP contribution in [0, 0.1) is 6.92 Å². The number of fused-ring (bicyclic) bond motifs is 1. The number of aryl methyl sites for hydroxylation is 2. The number of nitrogens with zero attached hydrogens (tertiary/aromatic N) is 2. The summed E-state index contributed by atoms with van der Waals surface area (Å²) < 4.78 is 3.13. The zero-order valence-electron chi connectivity index (χ0n) is 12.1. The van der Waals surface area contributed by atoms with Crippen molar-refractivity contribution < 1.29 is 4.79 Å². The molecule has 0 atom stereocenters. The Kier molecular flexibility index (Phi) is 3.75. The Balaban J connectivity index is 1.72. The van der Waals surface area contributed by atoms with Crippen LogP contribution in [0.1, 0.15) is 21.1 Å². The molecule has 0 aliphatic carbocycles. The number of carbonyl (C=O) groups is 1. The molecule has 1 N–H and O–H groups in total. The Morgan fingerprint density at radius 1 is 1.38 bits per heavy atom. The van der Waals surface area contributed by atoms with Crippen molar-refractivity contribution >= 4 is 27.3 Å². The molecule has 5 heteroatoms. The molecule has 3 aromatic rings. The average Bonchev–Trinajstić information content (AvgIpc) is 3.01. The van der Waals surface area contributed by atoms with Crippen molar-refractivity contribution in [3.05, 3.63) is 52.9 Å². The molecule has 0 saturated heterocycles. The molecule has 0 aliphatic heterocycles. The van der Waals surface area contributed by atoms with Crippen molar-refractivity contribution in [3.63, 3.8) is 0 Å². The molecule has 0 spiro atoms. The highest BCUT2D eigenvalue weighted by molar-refractivity contribution is 7.19. The van der Waals surface area contributed by atoms with Crippen molar-refractivity contribution in [1.82, 2.24) is 14.9 Å². The van der Waals surface area contributed by atoms with Crippen molar-refractivity contribution in [2.24, 2.45) is 7.05 Å². The fraction of sp³-hybridized carbons (Fsp3) is 0.250. The van der Waals surface area contributed by atoms with Crippen molar-refractivity contribution in [2.45, 2.75) is 13.3 Å². The first kappa shape index (κ1) is 13.8. The predicted molar refractivity (Wildman–Crippen MR) is 85.8 cm³/mol. The molecular weight excluding hydrogens is 282 g/mol. The van der Waals surface area contributed by atoms with E-state index in [0.717, 1.165) is 32.8 Å². The normalized spacial score (nSPS) is 11.0. The molecule has 0 fully saturated rings. The second-order valence-corrected chi connectivity index (χ2v) is 6.25. The van der Waals surface area contributed by atoms with Gasteiger partial charge in [0.25, 0.3) is 5.91 Å². The van der Waals surface area contributed by atoms with Crippen molar-refractivity contribution in [1.29, 1.82) is 0 Å². The van der Waals surface area contributed by atoms with E-state index in [9.17, 15) is 4.79 Å². The maximum absolute atomic E-state index is 12.4. The molecule has 108 valence electrons. The Morgan fingerprint density at radius 3 is 2.95 bits per heavy atom. The maximum atomic E-state index is 12.4. The van der Waals surface area contributed by atoms with Crippen LogP contribution >= 0.6 is 11.3 Å². The smallest absolute Gasteiger partial charge is 0.253 e. The van der Waals surface area contributed by atoms with Crippen LogP contribution < -0.4 is 5.32 Å². The maximum Gasteiger partial charge on any atom is 0.253 e. The van der Waals surface area contributed by atoms with E-state index in [1.807, 2.05) is 42.9 Å². The Labute approximate surface area is 127 Å². The molecule has 3 rings (SSSR count). The molecule has 1 amide bonds. The van der Waals surface area contributed by atoms with Crippen LogP contribution in [0.25, 0.3) is 10.1 Å². The third kappa shape index (κ3) is 2.69. The molecule has 2 heterocycles. The minimum absolute atomic E-state index is 0.000779. The van der Waals surface area contributed by atoms with Crippen LogP contribution in [0.2, 0.25) is 0 Å². The van der Waals surface area contributed by atoms with Gasteiger partial charge in [0.2, 0.25) is 0 Å². The minimum atomic E-state index is -0.000779. The molecule has 0 bridgehead atoms. The number of rotatable bonds is 4. The third-order valence-corrected chi connectivity index (χ3v) is 4.64. The van der Waals surface area contributed by atoms with E-state index in [1.54, 1.807) is 17.5 Å². The fourth-order valence-electron chi connectivity index (χ4n) is 2.46. The van der Waals surface area contributed by atoms with E-state index in [1.165, 1.54) is 0 Å². The van der Waals surface area contributed by atoms with Gasteiger partial charge in [-0.2, -0.15) is 0 Å². The van der Waals surface area contributed by atoms with Gasteiger partial charge >= 0.3 is 0 Å². The number of nitrogens with one attached hydrogen (secondary N) is 1. The van der Waals surface area contributed by atoms with E-state index >= 15 is 0 Å². The summed E-state index contributed by atoms with van der Waals surface area (Å²) in [7, 11) is 1.96. The SMILES string of the molecule is Cc1sc2ccccc2c1C(=O)NCCc1nccn1C. The number of benzene rings is 1. The van der Waals surface area contributed by atoms with E-state index in [4.69, 9.17) is 0 Å². The van der Waals surface area contributed by atoms with Crippen molar-refractivity contribution in [2.75, 3.05) is 6.54 Å². The minimum Gasteiger partial charge on any atom is -0.352 e. The summed E-state index contributed by atoms with van der Waals surface area (Å²) in [6, 6.07) is 8.03. The summed E-state index contributed by atoms with van der Waals surface area (Å²) in [5, 5.41) is 4.03. The number of hydrogen-bond donors (Lipinski definition) is 1. The standard InChI is InChI=1S/C16H17N3OS/c1-11-15(12-5-3-4-6-13(12)21-11)16(20)18-8-7-14-17-9-10-19(14)2/h3-6,9-10H,7-8H2,1-2H3,(H,18,20). The van der Waals surface area contributed by atoms with Crippen LogP contribution in [0.3, 0.4) is 0 Å². The molecule has 0 saturated carbocycles. The van der Waals surface area contributed by atoms with Crippen LogP contribution in [0.15, 0.2) is 36.7 Å². The molecule has 2 aromatic heterocycles. The van der Waals surface area contributed by atoms with Gasteiger partial charge in [-0.05, 0) is 13.0 Å². The lowest BCUT2D eigenvalue weighted by molar-refractivity contribution is 0.0955. The predicted octanol–water partition coefficient (Wildman–Crippen LogP) is 2.92. The number of imidazole rings is 1. The van der Waals surface area contributed by atoms with Gasteiger partial charge in [-0.25, -0.2) is 4.98 Å². The second-order valence-electron chi connectivity index (χ2n) is 4.99. The average molecular weight is 299 g/mol. The van der Waals surface area contributed by atoms with Gasteiger partial charge in [-0.1, -0.05) is 18.2 Å². The molecule has 21 heavy (non-hydrogen) atoms. The Bertz CT molecular complexity index is 788. The van der Waals surface area contributed by atoms with Crippen LogP contribution in [0.5, 0.6) is 0 Å². The largest absolute Gasteiger partial charge is 0.352 e.